The third-order valence-corrected chi connectivity index (χ3v) is 4.94. The lowest BCUT2D eigenvalue weighted by atomic mass is 9.75. The zero-order chi connectivity index (χ0) is 18.1. The van der Waals surface area contributed by atoms with Crippen LogP contribution in [0.5, 0.6) is 5.75 Å². The summed E-state index contributed by atoms with van der Waals surface area (Å²) in [6.45, 7) is -0.0509. The van der Waals surface area contributed by atoms with Crippen LogP contribution in [0.3, 0.4) is 0 Å². The van der Waals surface area contributed by atoms with Crippen molar-refractivity contribution in [3.63, 3.8) is 0 Å². The number of aliphatic hydroxyl groups excluding tert-OH is 1. The molecule has 2 aromatic rings. The number of fused-ring (bicyclic) bond motifs is 1. The van der Waals surface area contributed by atoms with E-state index in [2.05, 4.69) is 10.6 Å². The molecule has 1 heterocycles. The van der Waals surface area contributed by atoms with Gasteiger partial charge >= 0.3 is 0 Å². The second kappa shape index (κ2) is 6.80. The Morgan fingerprint density at radius 2 is 1.96 bits per heavy atom. The van der Waals surface area contributed by atoms with Crippen LogP contribution in [-0.4, -0.2) is 29.6 Å². The third-order valence-electron chi connectivity index (χ3n) is 4.94. The molecule has 6 heteroatoms. The molecule has 0 bridgehead atoms. The molecule has 2 amide bonds. The van der Waals surface area contributed by atoms with Crippen LogP contribution in [0.1, 0.15) is 34.8 Å². The molecule has 2 aromatic carbocycles. The molecule has 0 aromatic heterocycles. The lowest BCUT2D eigenvalue weighted by molar-refractivity contribution is -0.118. The first kappa shape index (κ1) is 16.6. The van der Waals surface area contributed by atoms with Crippen molar-refractivity contribution in [3.8, 4) is 5.75 Å². The van der Waals surface area contributed by atoms with Crippen LogP contribution in [-0.2, 0) is 4.79 Å². The molecule has 0 spiro atoms. The summed E-state index contributed by atoms with van der Waals surface area (Å²) in [4.78, 5) is 24.1. The van der Waals surface area contributed by atoms with Gasteiger partial charge < -0.3 is 20.5 Å². The van der Waals surface area contributed by atoms with Gasteiger partial charge in [-0.3, -0.25) is 9.59 Å². The molecule has 6 nitrogen and oxygen atoms in total. The highest BCUT2D eigenvalue weighted by Crippen LogP contribution is 2.38. The lowest BCUT2D eigenvalue weighted by Crippen LogP contribution is -2.41. The number of hydrogen-bond donors (Lipinski definition) is 3. The molecule has 1 unspecified atom stereocenters. The quantitative estimate of drug-likeness (QED) is 0.788. The maximum Gasteiger partial charge on any atom is 0.262 e. The highest BCUT2D eigenvalue weighted by Gasteiger charge is 2.35. The number of ether oxygens (including phenoxy) is 1. The molecule has 1 fully saturated rings. The number of rotatable bonds is 4. The van der Waals surface area contributed by atoms with Crippen LogP contribution in [0, 0.1) is 5.92 Å². The summed E-state index contributed by atoms with van der Waals surface area (Å²) < 4.78 is 5.38. The molecule has 0 radical (unpaired) electrons. The first-order valence-electron chi connectivity index (χ1n) is 8.71. The van der Waals surface area contributed by atoms with Gasteiger partial charge in [0.1, 0.15) is 5.75 Å². The van der Waals surface area contributed by atoms with Gasteiger partial charge in [-0.15, -0.1) is 0 Å². The van der Waals surface area contributed by atoms with E-state index >= 15 is 0 Å². The Bertz CT molecular complexity index is 831. The van der Waals surface area contributed by atoms with E-state index in [1.165, 1.54) is 0 Å². The molecule has 1 atom stereocenters. The molecule has 1 saturated carbocycles. The van der Waals surface area contributed by atoms with E-state index in [-0.39, 0.29) is 36.5 Å². The first-order chi connectivity index (χ1) is 12.6. The molecular formula is C20H20N2O4. The number of amides is 2. The summed E-state index contributed by atoms with van der Waals surface area (Å²) in [6, 6.07) is 14.6. The molecule has 26 heavy (non-hydrogen) atoms. The topological polar surface area (TPSA) is 87.7 Å². The fraction of sp³-hybridized carbons (Fsp3) is 0.300. The maximum atomic E-state index is 12.8. The smallest absolute Gasteiger partial charge is 0.262 e. The van der Waals surface area contributed by atoms with Crippen LogP contribution >= 0.6 is 0 Å². The van der Waals surface area contributed by atoms with Crippen molar-refractivity contribution in [2.24, 2.45) is 5.92 Å². The Morgan fingerprint density at radius 3 is 2.69 bits per heavy atom. The summed E-state index contributed by atoms with van der Waals surface area (Å²) in [7, 11) is 0. The van der Waals surface area contributed by atoms with E-state index < -0.39 is 0 Å². The van der Waals surface area contributed by atoms with Crippen LogP contribution in [0.4, 0.5) is 5.69 Å². The Kier molecular flexibility index (Phi) is 4.34. The minimum Gasteiger partial charge on any atom is -0.482 e. The predicted molar refractivity (Wildman–Crippen MR) is 95.9 cm³/mol. The first-order valence-corrected chi connectivity index (χ1v) is 8.71. The summed E-state index contributed by atoms with van der Waals surface area (Å²) >= 11 is 0. The van der Waals surface area contributed by atoms with Crippen LogP contribution in [0.2, 0.25) is 0 Å². The van der Waals surface area contributed by atoms with E-state index in [4.69, 9.17) is 4.74 Å². The molecule has 2 aliphatic rings. The Balaban J connectivity index is 1.54. The van der Waals surface area contributed by atoms with Crippen LogP contribution in [0.15, 0.2) is 48.5 Å². The molecule has 4 rings (SSSR count). The Hall–Kier alpha value is -2.86. The predicted octanol–water partition coefficient (Wildman–Crippen LogP) is 2.26. The van der Waals surface area contributed by atoms with E-state index in [9.17, 15) is 14.7 Å². The number of carbonyl (C=O) groups excluding carboxylic acids is 2. The van der Waals surface area contributed by atoms with E-state index in [1.807, 2.05) is 30.3 Å². The number of anilines is 1. The summed E-state index contributed by atoms with van der Waals surface area (Å²) in [5.74, 6) is 0.294. The number of nitrogens with one attached hydrogen (secondary N) is 2. The van der Waals surface area contributed by atoms with Crippen LogP contribution in [0.25, 0.3) is 0 Å². The third kappa shape index (κ3) is 3.28. The molecular weight excluding hydrogens is 332 g/mol. The zero-order valence-electron chi connectivity index (χ0n) is 14.1. The normalized spacial score (nSPS) is 22.3. The lowest BCUT2D eigenvalue weighted by Gasteiger charge is -2.38. The second-order valence-corrected chi connectivity index (χ2v) is 6.79. The second-order valence-electron chi connectivity index (χ2n) is 6.79. The van der Waals surface area contributed by atoms with Crippen molar-refractivity contribution >= 4 is 17.5 Å². The van der Waals surface area contributed by atoms with Gasteiger partial charge in [0.15, 0.2) is 6.61 Å². The highest BCUT2D eigenvalue weighted by molar-refractivity contribution is 5.99. The van der Waals surface area contributed by atoms with Gasteiger partial charge in [0, 0.05) is 5.56 Å². The summed E-state index contributed by atoms with van der Waals surface area (Å²) in [5, 5.41) is 15.5. The number of hydrogen-bond acceptors (Lipinski definition) is 4. The molecule has 0 saturated heterocycles. The van der Waals surface area contributed by atoms with Crippen molar-refractivity contribution in [2.45, 2.75) is 25.0 Å². The van der Waals surface area contributed by atoms with Crippen molar-refractivity contribution in [3.05, 3.63) is 59.7 Å². The summed E-state index contributed by atoms with van der Waals surface area (Å²) in [5.41, 5.74) is 2.07. The van der Waals surface area contributed by atoms with Crippen molar-refractivity contribution < 1.29 is 19.4 Å². The molecule has 1 aliphatic carbocycles. The fourth-order valence-corrected chi connectivity index (χ4v) is 3.48. The van der Waals surface area contributed by atoms with E-state index in [0.29, 0.717) is 29.8 Å². The largest absolute Gasteiger partial charge is 0.482 e. The van der Waals surface area contributed by atoms with Crippen molar-refractivity contribution in [1.29, 1.82) is 0 Å². The Labute approximate surface area is 151 Å². The van der Waals surface area contributed by atoms with Gasteiger partial charge in [0.05, 0.1) is 17.8 Å². The molecule has 1 aliphatic heterocycles. The van der Waals surface area contributed by atoms with Gasteiger partial charge in [-0.2, -0.15) is 0 Å². The molecule has 134 valence electrons. The number of aliphatic hydroxyl groups is 1. The zero-order valence-corrected chi connectivity index (χ0v) is 14.1. The minimum atomic E-state index is -0.288. The minimum absolute atomic E-state index is 0.0509. The van der Waals surface area contributed by atoms with Gasteiger partial charge in [0.25, 0.3) is 11.8 Å². The Morgan fingerprint density at radius 1 is 1.19 bits per heavy atom. The van der Waals surface area contributed by atoms with Gasteiger partial charge in [-0.1, -0.05) is 30.3 Å². The van der Waals surface area contributed by atoms with Gasteiger partial charge in [-0.05, 0) is 42.5 Å². The monoisotopic (exact) mass is 352 g/mol. The van der Waals surface area contributed by atoms with Gasteiger partial charge in [0.2, 0.25) is 0 Å². The van der Waals surface area contributed by atoms with Crippen molar-refractivity contribution in [1.82, 2.24) is 5.32 Å². The summed E-state index contributed by atoms with van der Waals surface area (Å²) in [6.07, 6.45) is 1.07. The highest BCUT2D eigenvalue weighted by atomic mass is 16.5. The average Bonchev–Trinajstić information content (AvgIpc) is 2.64. The molecule has 3 N–H and O–H groups in total. The van der Waals surface area contributed by atoms with Crippen molar-refractivity contribution in [2.75, 3.05) is 11.9 Å². The van der Waals surface area contributed by atoms with E-state index in [0.717, 1.165) is 5.56 Å². The fourth-order valence-electron chi connectivity index (χ4n) is 3.48. The van der Waals surface area contributed by atoms with Crippen LogP contribution < -0.4 is 15.4 Å². The SMILES string of the molecule is O=C1COc2cc(C(=O)NC(c3ccccc3)C3CC(O)C3)ccc2N1. The van der Waals surface area contributed by atoms with E-state index in [1.54, 1.807) is 18.2 Å². The van der Waals surface area contributed by atoms with Gasteiger partial charge in [-0.25, -0.2) is 0 Å². The average molecular weight is 352 g/mol. The number of carbonyl (C=O) groups is 2. The number of benzene rings is 2. The standard InChI is InChI=1S/C20H20N2O4/c23-15-8-14(9-15)19(12-4-2-1-3-5-12)22-20(25)13-6-7-16-17(10-13)26-11-18(24)21-16/h1-7,10,14-15,19,23H,8-9,11H2,(H,21,24)(H,22,25). The maximum absolute atomic E-state index is 12.8.